The number of rotatable bonds is 7. The van der Waals surface area contributed by atoms with Gasteiger partial charge in [0, 0.05) is 0 Å². The number of carboxylic acid groups (broad SMARTS) is 1. The SMILES string of the molecule is NC(CCCCCC1OCCO1)C(=O)O. The second-order valence-corrected chi connectivity index (χ2v) is 3.75. The zero-order chi connectivity index (χ0) is 11.1. The van der Waals surface area contributed by atoms with Crippen molar-refractivity contribution in [1.82, 2.24) is 0 Å². The lowest BCUT2D eigenvalue weighted by Gasteiger charge is -2.09. The van der Waals surface area contributed by atoms with E-state index >= 15 is 0 Å². The van der Waals surface area contributed by atoms with E-state index in [2.05, 4.69) is 0 Å². The molecule has 5 nitrogen and oxygen atoms in total. The molecule has 1 aliphatic rings. The summed E-state index contributed by atoms with van der Waals surface area (Å²) in [5, 5.41) is 8.55. The molecular weight excluding hydrogens is 198 g/mol. The van der Waals surface area contributed by atoms with Gasteiger partial charge in [-0.15, -0.1) is 0 Å². The van der Waals surface area contributed by atoms with Crippen LogP contribution in [0.5, 0.6) is 0 Å². The minimum absolute atomic E-state index is 0.0434. The maximum Gasteiger partial charge on any atom is 0.320 e. The fourth-order valence-electron chi connectivity index (χ4n) is 1.55. The molecular formula is C10H19NO4. The van der Waals surface area contributed by atoms with E-state index < -0.39 is 12.0 Å². The molecule has 1 saturated heterocycles. The Labute approximate surface area is 89.5 Å². The van der Waals surface area contributed by atoms with E-state index in [1.807, 2.05) is 0 Å². The van der Waals surface area contributed by atoms with Gasteiger partial charge in [-0.2, -0.15) is 0 Å². The zero-order valence-electron chi connectivity index (χ0n) is 8.85. The zero-order valence-corrected chi connectivity index (χ0v) is 8.85. The first-order valence-electron chi connectivity index (χ1n) is 5.41. The molecule has 0 radical (unpaired) electrons. The Balaban J connectivity index is 1.90. The van der Waals surface area contributed by atoms with Crippen LogP contribution >= 0.6 is 0 Å². The van der Waals surface area contributed by atoms with Crippen molar-refractivity contribution in [1.29, 1.82) is 0 Å². The first-order valence-corrected chi connectivity index (χ1v) is 5.41. The smallest absolute Gasteiger partial charge is 0.320 e. The average molecular weight is 217 g/mol. The first kappa shape index (κ1) is 12.4. The summed E-state index contributed by atoms with van der Waals surface area (Å²) in [7, 11) is 0. The van der Waals surface area contributed by atoms with E-state index in [9.17, 15) is 4.79 Å². The van der Waals surface area contributed by atoms with E-state index in [1.165, 1.54) is 0 Å². The van der Waals surface area contributed by atoms with E-state index in [4.69, 9.17) is 20.3 Å². The Morgan fingerprint density at radius 1 is 1.33 bits per heavy atom. The first-order chi connectivity index (χ1) is 7.20. The number of hydrogen-bond acceptors (Lipinski definition) is 4. The molecule has 0 aromatic carbocycles. The van der Waals surface area contributed by atoms with Gasteiger partial charge >= 0.3 is 5.97 Å². The van der Waals surface area contributed by atoms with Crippen molar-refractivity contribution in [2.45, 2.75) is 44.4 Å². The highest BCUT2D eigenvalue weighted by Crippen LogP contribution is 2.13. The molecule has 0 aromatic rings. The summed E-state index contributed by atoms with van der Waals surface area (Å²) in [5.74, 6) is -0.919. The summed E-state index contributed by atoms with van der Waals surface area (Å²) < 4.78 is 10.6. The van der Waals surface area contributed by atoms with E-state index in [0.29, 0.717) is 19.6 Å². The number of ether oxygens (including phenoxy) is 2. The van der Waals surface area contributed by atoms with Crippen molar-refractivity contribution in [3.8, 4) is 0 Å². The predicted molar refractivity (Wildman–Crippen MR) is 54.4 cm³/mol. The minimum Gasteiger partial charge on any atom is -0.480 e. The molecule has 1 atom stereocenters. The van der Waals surface area contributed by atoms with Crippen molar-refractivity contribution in [3.63, 3.8) is 0 Å². The van der Waals surface area contributed by atoms with Gasteiger partial charge in [0.15, 0.2) is 6.29 Å². The van der Waals surface area contributed by atoms with Crippen LogP contribution in [0.1, 0.15) is 32.1 Å². The van der Waals surface area contributed by atoms with Gasteiger partial charge < -0.3 is 20.3 Å². The Kier molecular flexibility index (Phi) is 5.60. The highest BCUT2D eigenvalue weighted by molar-refractivity contribution is 5.72. The van der Waals surface area contributed by atoms with E-state index in [1.54, 1.807) is 0 Å². The standard InChI is InChI=1S/C10H19NO4/c11-8(10(12)13)4-2-1-3-5-9-14-6-7-15-9/h8-9H,1-7,11H2,(H,12,13). The molecule has 0 amide bonds. The van der Waals surface area contributed by atoms with Crippen LogP contribution in [0.3, 0.4) is 0 Å². The van der Waals surface area contributed by atoms with E-state index in [0.717, 1.165) is 25.7 Å². The molecule has 0 saturated carbocycles. The molecule has 1 aliphatic heterocycles. The van der Waals surface area contributed by atoms with Crippen LogP contribution in [-0.2, 0) is 14.3 Å². The molecule has 1 unspecified atom stereocenters. The van der Waals surface area contributed by atoms with Gasteiger partial charge in [-0.1, -0.05) is 12.8 Å². The van der Waals surface area contributed by atoms with Crippen LogP contribution < -0.4 is 5.73 Å². The van der Waals surface area contributed by atoms with Crippen molar-refractivity contribution in [2.24, 2.45) is 5.73 Å². The number of aliphatic carboxylic acids is 1. The third-order valence-electron chi connectivity index (χ3n) is 2.46. The lowest BCUT2D eigenvalue weighted by atomic mass is 10.1. The van der Waals surface area contributed by atoms with E-state index in [-0.39, 0.29) is 6.29 Å². The Bertz CT molecular complexity index is 192. The molecule has 15 heavy (non-hydrogen) atoms. The maximum atomic E-state index is 10.4. The second kappa shape index (κ2) is 6.76. The molecule has 0 spiro atoms. The summed E-state index contributed by atoms with van der Waals surface area (Å²) in [5.41, 5.74) is 5.37. The third-order valence-corrected chi connectivity index (χ3v) is 2.46. The minimum atomic E-state index is -0.919. The summed E-state index contributed by atoms with van der Waals surface area (Å²) >= 11 is 0. The van der Waals surface area contributed by atoms with Crippen LogP contribution in [0, 0.1) is 0 Å². The molecule has 0 aromatic heterocycles. The molecule has 88 valence electrons. The summed E-state index contributed by atoms with van der Waals surface area (Å²) in [6, 6.07) is -0.719. The van der Waals surface area contributed by atoms with Crippen LogP contribution in [-0.4, -0.2) is 36.6 Å². The monoisotopic (exact) mass is 217 g/mol. The predicted octanol–water partition coefficient (Wildman–Crippen LogP) is 0.722. The highest BCUT2D eigenvalue weighted by atomic mass is 16.7. The largest absolute Gasteiger partial charge is 0.480 e. The summed E-state index contributed by atoms with van der Waals surface area (Å²) in [4.78, 5) is 10.4. The quantitative estimate of drug-likeness (QED) is 0.614. The number of carbonyl (C=O) groups is 1. The van der Waals surface area contributed by atoms with Gasteiger partial charge in [-0.05, 0) is 19.3 Å². The molecule has 1 heterocycles. The van der Waals surface area contributed by atoms with Gasteiger partial charge in [0.05, 0.1) is 13.2 Å². The molecule has 3 N–H and O–H groups in total. The molecule has 1 fully saturated rings. The van der Waals surface area contributed by atoms with Crippen LogP contribution in [0.15, 0.2) is 0 Å². The van der Waals surface area contributed by atoms with Crippen molar-refractivity contribution >= 4 is 5.97 Å². The highest BCUT2D eigenvalue weighted by Gasteiger charge is 2.15. The lowest BCUT2D eigenvalue weighted by Crippen LogP contribution is -2.29. The molecule has 1 rings (SSSR count). The van der Waals surface area contributed by atoms with Crippen LogP contribution in [0.4, 0.5) is 0 Å². The third kappa shape index (κ3) is 5.11. The normalized spacial score (nSPS) is 19.3. The number of nitrogens with two attached hydrogens (primary N) is 1. The number of unbranched alkanes of at least 4 members (excludes halogenated alkanes) is 2. The Morgan fingerprint density at radius 3 is 2.60 bits per heavy atom. The van der Waals surface area contributed by atoms with Crippen molar-refractivity contribution < 1.29 is 19.4 Å². The maximum absolute atomic E-state index is 10.4. The van der Waals surface area contributed by atoms with Gasteiger partial charge in [0.2, 0.25) is 0 Å². The average Bonchev–Trinajstić information content (AvgIpc) is 2.69. The molecule has 0 aliphatic carbocycles. The number of carboxylic acids is 1. The van der Waals surface area contributed by atoms with Gasteiger partial charge in [-0.3, -0.25) is 4.79 Å². The van der Waals surface area contributed by atoms with Crippen molar-refractivity contribution in [2.75, 3.05) is 13.2 Å². The Morgan fingerprint density at radius 2 is 2.00 bits per heavy atom. The topological polar surface area (TPSA) is 81.8 Å². The summed E-state index contributed by atoms with van der Waals surface area (Å²) in [6.07, 6.45) is 4.21. The fourth-order valence-corrected chi connectivity index (χ4v) is 1.55. The van der Waals surface area contributed by atoms with Gasteiger partial charge in [0.25, 0.3) is 0 Å². The fraction of sp³-hybridized carbons (Fsp3) is 0.900. The van der Waals surface area contributed by atoms with Gasteiger partial charge in [0.1, 0.15) is 6.04 Å². The molecule has 5 heteroatoms. The lowest BCUT2D eigenvalue weighted by molar-refractivity contribution is -0.138. The van der Waals surface area contributed by atoms with Crippen molar-refractivity contribution in [3.05, 3.63) is 0 Å². The number of hydrogen-bond donors (Lipinski definition) is 2. The molecule has 0 bridgehead atoms. The summed E-state index contributed by atoms with van der Waals surface area (Å²) in [6.45, 7) is 1.38. The van der Waals surface area contributed by atoms with Crippen LogP contribution in [0.2, 0.25) is 0 Å². The van der Waals surface area contributed by atoms with Crippen LogP contribution in [0.25, 0.3) is 0 Å². The van der Waals surface area contributed by atoms with Gasteiger partial charge in [-0.25, -0.2) is 0 Å². The second-order valence-electron chi connectivity index (χ2n) is 3.75. The Hall–Kier alpha value is -0.650.